The van der Waals surface area contributed by atoms with Gasteiger partial charge in [0.25, 0.3) is 0 Å². The lowest BCUT2D eigenvalue weighted by molar-refractivity contribution is 0.276. The van der Waals surface area contributed by atoms with E-state index in [1.165, 1.54) is 11.3 Å². The minimum Gasteiger partial charge on any atom is -0.345 e. The highest BCUT2D eigenvalue weighted by molar-refractivity contribution is 5.30. The molecule has 0 aliphatic heterocycles. The fourth-order valence-electron chi connectivity index (χ4n) is 3.11. The molecule has 3 rings (SSSR count). The van der Waals surface area contributed by atoms with Gasteiger partial charge >= 0.3 is 0 Å². The Morgan fingerprint density at radius 1 is 1.37 bits per heavy atom. The minimum atomic E-state index is 0.170. The Balaban J connectivity index is 1.93. The summed E-state index contributed by atoms with van der Waals surface area (Å²) in [6.07, 6.45) is 6.16. The Morgan fingerprint density at radius 2 is 2.21 bits per heavy atom. The fourth-order valence-corrected chi connectivity index (χ4v) is 3.11. The normalized spacial score (nSPS) is 21.1. The summed E-state index contributed by atoms with van der Waals surface area (Å²) in [4.78, 5) is 4.41. The third-order valence-electron chi connectivity index (χ3n) is 3.99. The molecule has 3 heteroatoms. The van der Waals surface area contributed by atoms with Crippen LogP contribution in [0.25, 0.3) is 0 Å². The molecule has 2 aromatic rings. The molecule has 0 radical (unpaired) electrons. The zero-order chi connectivity index (χ0) is 13.5. The average molecular weight is 255 g/mol. The maximum Gasteiger partial charge on any atom is 0.0645 e. The summed E-state index contributed by atoms with van der Waals surface area (Å²) in [5.74, 6) is 0. The second-order valence-corrected chi connectivity index (χ2v) is 6.32. The van der Waals surface area contributed by atoms with Gasteiger partial charge in [-0.05, 0) is 42.0 Å². The molecule has 0 spiro atoms. The van der Waals surface area contributed by atoms with Gasteiger partial charge in [-0.2, -0.15) is 0 Å². The smallest absolute Gasteiger partial charge is 0.0645 e. The zero-order valence-corrected chi connectivity index (χ0v) is 11.6. The molecule has 1 unspecified atom stereocenters. The molecule has 0 saturated carbocycles. The van der Waals surface area contributed by atoms with Crippen molar-refractivity contribution in [1.29, 1.82) is 0 Å². The number of hydrogen-bond donors (Lipinski definition) is 1. The van der Waals surface area contributed by atoms with Gasteiger partial charge in [-0.1, -0.05) is 19.9 Å². The van der Waals surface area contributed by atoms with E-state index in [-0.39, 0.29) is 11.5 Å². The van der Waals surface area contributed by atoms with E-state index in [9.17, 15) is 0 Å². The zero-order valence-electron chi connectivity index (χ0n) is 11.6. The third-order valence-corrected chi connectivity index (χ3v) is 3.99. The van der Waals surface area contributed by atoms with E-state index in [2.05, 4.69) is 41.7 Å². The van der Waals surface area contributed by atoms with Crippen molar-refractivity contribution in [3.63, 3.8) is 0 Å². The summed E-state index contributed by atoms with van der Waals surface area (Å²) in [7, 11) is 0. The van der Waals surface area contributed by atoms with Gasteiger partial charge in [0.1, 0.15) is 0 Å². The topological polar surface area (TPSA) is 43.8 Å². The van der Waals surface area contributed by atoms with E-state index in [1.54, 1.807) is 0 Å². The van der Waals surface area contributed by atoms with Gasteiger partial charge in [0.05, 0.1) is 12.2 Å². The summed E-state index contributed by atoms with van der Waals surface area (Å²) >= 11 is 0. The highest BCUT2D eigenvalue weighted by Gasteiger charge is 2.32. The number of pyridine rings is 1. The minimum absolute atomic E-state index is 0.170. The van der Waals surface area contributed by atoms with Crippen LogP contribution in [0, 0.1) is 5.41 Å². The Labute approximate surface area is 114 Å². The Hall–Kier alpha value is -1.61. The van der Waals surface area contributed by atoms with Crippen molar-refractivity contribution in [3.8, 4) is 0 Å². The van der Waals surface area contributed by atoms with Gasteiger partial charge in [0, 0.05) is 24.1 Å². The van der Waals surface area contributed by atoms with Crippen molar-refractivity contribution in [2.45, 2.75) is 39.3 Å². The molecule has 1 atom stereocenters. The van der Waals surface area contributed by atoms with Crippen LogP contribution in [0.15, 0.2) is 36.7 Å². The number of rotatable bonds is 2. The largest absolute Gasteiger partial charge is 0.345 e. The molecule has 0 bridgehead atoms. The van der Waals surface area contributed by atoms with Crippen LogP contribution < -0.4 is 5.73 Å². The van der Waals surface area contributed by atoms with Gasteiger partial charge in [0.2, 0.25) is 0 Å². The van der Waals surface area contributed by atoms with Crippen molar-refractivity contribution in [2.24, 2.45) is 11.1 Å². The molecule has 0 saturated heterocycles. The van der Waals surface area contributed by atoms with Crippen LogP contribution in [0.2, 0.25) is 0 Å². The maximum absolute atomic E-state index is 6.30. The number of nitrogens with two attached hydrogens (primary N) is 1. The molecule has 1 aliphatic carbocycles. The van der Waals surface area contributed by atoms with Gasteiger partial charge in [-0.3, -0.25) is 4.98 Å². The first-order valence-corrected chi connectivity index (χ1v) is 6.88. The lowest BCUT2D eigenvalue weighted by Gasteiger charge is -2.34. The molecular weight excluding hydrogens is 234 g/mol. The van der Waals surface area contributed by atoms with E-state index in [4.69, 9.17) is 5.73 Å². The van der Waals surface area contributed by atoms with E-state index >= 15 is 0 Å². The van der Waals surface area contributed by atoms with E-state index < -0.39 is 0 Å². The molecule has 0 aromatic carbocycles. The van der Waals surface area contributed by atoms with Crippen molar-refractivity contribution < 1.29 is 0 Å². The molecule has 1 aliphatic rings. The predicted molar refractivity (Wildman–Crippen MR) is 76.8 cm³/mol. The van der Waals surface area contributed by atoms with E-state index in [0.717, 1.165) is 25.1 Å². The summed E-state index contributed by atoms with van der Waals surface area (Å²) in [5.41, 5.74) is 10.4. The number of fused-ring (bicyclic) bond motifs is 1. The van der Waals surface area contributed by atoms with Gasteiger partial charge < -0.3 is 10.3 Å². The average Bonchev–Trinajstić information content (AvgIpc) is 2.72. The predicted octanol–water partition coefficient (Wildman–Crippen LogP) is 2.90. The summed E-state index contributed by atoms with van der Waals surface area (Å²) in [6.45, 7) is 5.43. The summed E-state index contributed by atoms with van der Waals surface area (Å²) < 4.78 is 2.30. The van der Waals surface area contributed by atoms with Crippen molar-refractivity contribution in [3.05, 3.63) is 53.6 Å². The molecule has 0 amide bonds. The van der Waals surface area contributed by atoms with Gasteiger partial charge in [-0.15, -0.1) is 0 Å². The lowest BCUT2D eigenvalue weighted by Crippen LogP contribution is -2.30. The molecule has 19 heavy (non-hydrogen) atoms. The molecule has 2 N–H and O–H groups in total. The van der Waals surface area contributed by atoms with E-state index in [1.807, 2.05) is 18.3 Å². The Kier molecular flexibility index (Phi) is 2.94. The van der Waals surface area contributed by atoms with Crippen molar-refractivity contribution in [1.82, 2.24) is 9.55 Å². The number of aromatic nitrogens is 2. The second kappa shape index (κ2) is 4.49. The molecule has 2 heterocycles. The lowest BCUT2D eigenvalue weighted by atomic mass is 9.74. The van der Waals surface area contributed by atoms with Crippen molar-refractivity contribution in [2.75, 3.05) is 0 Å². The number of hydrogen-bond acceptors (Lipinski definition) is 2. The number of nitrogens with zero attached hydrogens (tertiary/aromatic N) is 2. The van der Waals surface area contributed by atoms with Crippen LogP contribution in [0.3, 0.4) is 0 Å². The van der Waals surface area contributed by atoms with Crippen LogP contribution >= 0.6 is 0 Å². The Morgan fingerprint density at radius 3 is 2.95 bits per heavy atom. The summed E-state index contributed by atoms with van der Waals surface area (Å²) in [6, 6.07) is 8.41. The fraction of sp³-hybridized carbons (Fsp3) is 0.438. The van der Waals surface area contributed by atoms with Gasteiger partial charge in [-0.25, -0.2) is 0 Å². The highest BCUT2D eigenvalue weighted by Crippen LogP contribution is 2.40. The van der Waals surface area contributed by atoms with Crippen molar-refractivity contribution >= 4 is 0 Å². The van der Waals surface area contributed by atoms with Crippen LogP contribution in [0.1, 0.15) is 43.3 Å². The molecule has 2 aromatic heterocycles. The SMILES string of the molecule is CC1(C)Cc2c(ccn2Cc2ccccn2)C(N)C1. The molecule has 3 nitrogen and oxygen atoms in total. The first-order chi connectivity index (χ1) is 9.05. The van der Waals surface area contributed by atoms with Crippen LogP contribution in [0.4, 0.5) is 0 Å². The van der Waals surface area contributed by atoms with Crippen LogP contribution in [-0.4, -0.2) is 9.55 Å². The quantitative estimate of drug-likeness (QED) is 0.896. The molecule has 100 valence electrons. The van der Waals surface area contributed by atoms with Crippen LogP contribution in [0.5, 0.6) is 0 Å². The Bertz CT molecular complexity index is 569. The monoisotopic (exact) mass is 255 g/mol. The third kappa shape index (κ3) is 2.43. The summed E-state index contributed by atoms with van der Waals surface area (Å²) in [5, 5.41) is 0. The van der Waals surface area contributed by atoms with Gasteiger partial charge in [0.15, 0.2) is 0 Å². The molecule has 0 fully saturated rings. The molecular formula is C16H21N3. The van der Waals surface area contributed by atoms with Crippen LogP contribution in [-0.2, 0) is 13.0 Å². The first-order valence-electron chi connectivity index (χ1n) is 6.88. The van der Waals surface area contributed by atoms with E-state index in [0.29, 0.717) is 0 Å². The standard InChI is InChI=1S/C16H21N3/c1-16(2)9-14(17)13-6-8-19(15(13)10-16)11-12-5-3-4-7-18-12/h3-8,14H,9-11,17H2,1-2H3. The highest BCUT2D eigenvalue weighted by atomic mass is 15.0. The second-order valence-electron chi connectivity index (χ2n) is 6.32. The maximum atomic E-state index is 6.30. The first kappa shape index (κ1) is 12.4.